The fraction of sp³-hybridized carbons (Fsp3) is 0.571. The summed E-state index contributed by atoms with van der Waals surface area (Å²) in [5.74, 6) is 0. The molecule has 114 valence electrons. The fourth-order valence-electron chi connectivity index (χ4n) is 2.57. The second-order valence-electron chi connectivity index (χ2n) is 4.96. The van der Waals surface area contributed by atoms with Crippen LogP contribution in [0.1, 0.15) is 25.3 Å². The molecule has 1 aromatic rings. The lowest BCUT2D eigenvalue weighted by Gasteiger charge is -2.31. The molecule has 0 radical (unpaired) electrons. The van der Waals surface area contributed by atoms with Gasteiger partial charge in [-0.2, -0.15) is 4.31 Å². The van der Waals surface area contributed by atoms with Gasteiger partial charge in [0, 0.05) is 13.1 Å². The molecule has 1 N–H and O–H groups in total. The molecule has 0 spiro atoms. The van der Waals surface area contributed by atoms with Crippen LogP contribution in [0, 0.1) is 0 Å². The van der Waals surface area contributed by atoms with Gasteiger partial charge >= 0.3 is 0 Å². The second-order valence-corrected chi connectivity index (χ2v) is 6.93. The predicted octanol–water partition coefficient (Wildman–Crippen LogP) is 2.04. The highest BCUT2D eigenvalue weighted by atomic mass is 35.5. The zero-order chi connectivity index (χ0) is 13.9. The molecule has 2 rings (SSSR count). The first-order valence-electron chi connectivity index (χ1n) is 6.84. The fourth-order valence-corrected chi connectivity index (χ4v) is 4.28. The molecule has 0 unspecified atom stereocenters. The van der Waals surface area contributed by atoms with Crippen LogP contribution in [-0.2, 0) is 16.4 Å². The van der Waals surface area contributed by atoms with Crippen LogP contribution in [0.5, 0.6) is 0 Å². The van der Waals surface area contributed by atoms with Crippen molar-refractivity contribution in [1.29, 1.82) is 0 Å². The lowest BCUT2D eigenvalue weighted by Crippen LogP contribution is -2.44. The van der Waals surface area contributed by atoms with Crippen LogP contribution in [-0.4, -0.2) is 38.9 Å². The number of hydrogen-bond donors (Lipinski definition) is 1. The molecule has 0 amide bonds. The summed E-state index contributed by atoms with van der Waals surface area (Å²) >= 11 is 0. The average Bonchev–Trinajstić information content (AvgIpc) is 2.47. The van der Waals surface area contributed by atoms with E-state index in [1.807, 2.05) is 19.1 Å². The summed E-state index contributed by atoms with van der Waals surface area (Å²) in [5.41, 5.74) is 0.892. The monoisotopic (exact) mass is 318 g/mol. The molecule has 1 aromatic carbocycles. The third kappa shape index (κ3) is 3.52. The molecule has 0 saturated carbocycles. The van der Waals surface area contributed by atoms with Crippen LogP contribution in [0.3, 0.4) is 0 Å². The Labute approximate surface area is 128 Å². The van der Waals surface area contributed by atoms with Crippen molar-refractivity contribution in [3.05, 3.63) is 29.8 Å². The molecule has 1 aliphatic rings. The number of nitrogens with zero attached hydrogens (tertiary/aromatic N) is 1. The van der Waals surface area contributed by atoms with E-state index in [1.54, 1.807) is 23.5 Å². The zero-order valence-electron chi connectivity index (χ0n) is 12.0. The number of halogens is 1. The molecule has 1 heterocycles. The van der Waals surface area contributed by atoms with E-state index in [0.29, 0.717) is 4.90 Å². The molecule has 0 bridgehead atoms. The minimum atomic E-state index is -3.38. The summed E-state index contributed by atoms with van der Waals surface area (Å²) in [6, 6.07) is 7.40. The summed E-state index contributed by atoms with van der Waals surface area (Å²) in [4.78, 5) is 0.457. The van der Waals surface area contributed by atoms with Gasteiger partial charge in [-0.05, 0) is 44.0 Å². The minimum absolute atomic E-state index is 0. The van der Waals surface area contributed by atoms with Crippen molar-refractivity contribution in [2.24, 2.45) is 0 Å². The molecule has 4 nitrogen and oxygen atoms in total. The highest BCUT2D eigenvalue weighted by Crippen LogP contribution is 2.23. The van der Waals surface area contributed by atoms with E-state index in [9.17, 15) is 8.42 Å². The summed E-state index contributed by atoms with van der Waals surface area (Å²) in [5, 5.41) is 3.26. The Bertz CT molecular complexity index is 528. The van der Waals surface area contributed by atoms with Crippen LogP contribution < -0.4 is 5.32 Å². The van der Waals surface area contributed by atoms with E-state index in [1.165, 1.54) is 0 Å². The molecular weight excluding hydrogens is 296 g/mol. The van der Waals surface area contributed by atoms with Gasteiger partial charge in [0.2, 0.25) is 10.0 Å². The molecule has 1 aliphatic heterocycles. The molecule has 20 heavy (non-hydrogen) atoms. The Kier molecular flexibility index (Phi) is 6.45. The van der Waals surface area contributed by atoms with E-state index < -0.39 is 10.0 Å². The molecule has 6 heteroatoms. The predicted molar refractivity (Wildman–Crippen MR) is 83.9 cm³/mol. The maximum absolute atomic E-state index is 12.7. The first-order chi connectivity index (χ1) is 9.07. The number of benzene rings is 1. The standard InChI is InChI=1S/C14H22N2O2S.ClH/c1-3-12-6-4-5-7-14(12)19(17,18)16(2)13-8-10-15-11-9-13;/h4-7,13,15H,3,8-11H2,1-2H3;1H. The maximum atomic E-state index is 12.7. The van der Waals surface area contributed by atoms with E-state index in [0.717, 1.165) is 37.9 Å². The normalized spacial score (nSPS) is 16.9. The van der Waals surface area contributed by atoms with Gasteiger partial charge < -0.3 is 5.32 Å². The molecule has 0 aromatic heterocycles. The van der Waals surface area contributed by atoms with Gasteiger partial charge in [-0.15, -0.1) is 12.4 Å². The Balaban J connectivity index is 0.00000200. The van der Waals surface area contributed by atoms with Crippen LogP contribution in [0.4, 0.5) is 0 Å². The number of sulfonamides is 1. The van der Waals surface area contributed by atoms with Gasteiger partial charge in [0.25, 0.3) is 0 Å². The second kappa shape index (κ2) is 7.41. The molecule has 1 saturated heterocycles. The summed E-state index contributed by atoms with van der Waals surface area (Å²) < 4.78 is 27.0. The average molecular weight is 319 g/mol. The van der Waals surface area contributed by atoms with Gasteiger partial charge in [-0.3, -0.25) is 0 Å². The molecule has 1 fully saturated rings. The Morgan fingerprint density at radius 2 is 1.85 bits per heavy atom. The van der Waals surface area contributed by atoms with Crippen molar-refractivity contribution < 1.29 is 8.42 Å². The molecular formula is C14H23ClN2O2S. The van der Waals surface area contributed by atoms with Gasteiger partial charge in [0.05, 0.1) is 4.90 Å². The quantitative estimate of drug-likeness (QED) is 0.924. The Hall–Kier alpha value is -0.620. The largest absolute Gasteiger partial charge is 0.317 e. The SMILES string of the molecule is CCc1ccccc1S(=O)(=O)N(C)C1CCNCC1.Cl. The summed E-state index contributed by atoms with van der Waals surface area (Å²) in [6.07, 6.45) is 2.49. The maximum Gasteiger partial charge on any atom is 0.243 e. The topological polar surface area (TPSA) is 49.4 Å². The smallest absolute Gasteiger partial charge is 0.243 e. The lowest BCUT2D eigenvalue weighted by atomic mass is 10.1. The first kappa shape index (κ1) is 17.4. The van der Waals surface area contributed by atoms with E-state index in [-0.39, 0.29) is 18.4 Å². The van der Waals surface area contributed by atoms with Crippen molar-refractivity contribution in [3.63, 3.8) is 0 Å². The Morgan fingerprint density at radius 3 is 2.45 bits per heavy atom. The number of hydrogen-bond acceptors (Lipinski definition) is 3. The molecule has 0 atom stereocenters. The van der Waals surface area contributed by atoms with Crippen LogP contribution in [0.15, 0.2) is 29.2 Å². The van der Waals surface area contributed by atoms with E-state index in [2.05, 4.69) is 5.32 Å². The van der Waals surface area contributed by atoms with Crippen molar-refractivity contribution in [3.8, 4) is 0 Å². The van der Waals surface area contributed by atoms with Crippen LogP contribution in [0.2, 0.25) is 0 Å². The van der Waals surface area contributed by atoms with Gasteiger partial charge in [0.15, 0.2) is 0 Å². The summed E-state index contributed by atoms with van der Waals surface area (Å²) in [6.45, 7) is 3.76. The lowest BCUT2D eigenvalue weighted by molar-refractivity contribution is 0.296. The van der Waals surface area contributed by atoms with Crippen molar-refractivity contribution in [1.82, 2.24) is 9.62 Å². The van der Waals surface area contributed by atoms with Crippen molar-refractivity contribution in [2.45, 2.75) is 37.1 Å². The van der Waals surface area contributed by atoms with Crippen molar-refractivity contribution >= 4 is 22.4 Å². The zero-order valence-corrected chi connectivity index (χ0v) is 13.6. The van der Waals surface area contributed by atoms with E-state index >= 15 is 0 Å². The Morgan fingerprint density at radius 1 is 1.25 bits per heavy atom. The first-order valence-corrected chi connectivity index (χ1v) is 8.28. The number of rotatable bonds is 4. The van der Waals surface area contributed by atoms with Crippen LogP contribution >= 0.6 is 12.4 Å². The third-order valence-electron chi connectivity index (χ3n) is 3.83. The van der Waals surface area contributed by atoms with E-state index in [4.69, 9.17) is 0 Å². The third-order valence-corrected chi connectivity index (χ3v) is 5.84. The number of nitrogens with one attached hydrogen (secondary N) is 1. The highest BCUT2D eigenvalue weighted by Gasteiger charge is 2.30. The minimum Gasteiger partial charge on any atom is -0.317 e. The van der Waals surface area contributed by atoms with Crippen molar-refractivity contribution in [2.75, 3.05) is 20.1 Å². The van der Waals surface area contributed by atoms with Gasteiger partial charge in [-0.1, -0.05) is 25.1 Å². The van der Waals surface area contributed by atoms with Gasteiger partial charge in [0.1, 0.15) is 0 Å². The molecule has 0 aliphatic carbocycles. The number of aryl methyl sites for hydroxylation is 1. The van der Waals surface area contributed by atoms with Gasteiger partial charge in [-0.25, -0.2) is 8.42 Å². The number of piperidine rings is 1. The van der Waals surface area contributed by atoms with Crippen LogP contribution in [0.25, 0.3) is 0 Å². The highest BCUT2D eigenvalue weighted by molar-refractivity contribution is 7.89. The summed E-state index contributed by atoms with van der Waals surface area (Å²) in [7, 11) is -1.67.